The Balaban J connectivity index is 1.38. The number of nitrogens with zero attached hydrogens (tertiary/aromatic N) is 2. The van der Waals surface area contributed by atoms with Crippen LogP contribution >= 0.6 is 0 Å². The standard InChI is InChI=1S/C28H45N3O4/c1-16-6-7-21-26(3,4)22(30-31-10-12-34-13-11-31)8-9-28(21)27(16,5)15-19-20(32)14-18-23(24(19)35-28)17(2)29-25(18)33/h16-21,23-24,32H,6-15H2,1-5H3,(H,29,33). The van der Waals surface area contributed by atoms with Gasteiger partial charge in [-0.05, 0) is 62.7 Å². The summed E-state index contributed by atoms with van der Waals surface area (Å²) in [6.07, 6.45) is 5.31. The van der Waals surface area contributed by atoms with E-state index in [4.69, 9.17) is 14.6 Å². The Morgan fingerprint density at radius 2 is 1.89 bits per heavy atom. The lowest BCUT2D eigenvalue weighted by Crippen LogP contribution is -2.72. The Kier molecular flexibility index (Phi) is 5.64. The molecule has 6 aliphatic rings. The molecular weight excluding hydrogens is 442 g/mol. The molecule has 35 heavy (non-hydrogen) atoms. The molecule has 6 fully saturated rings. The fourth-order valence-corrected chi connectivity index (χ4v) is 9.49. The van der Waals surface area contributed by atoms with Crippen LogP contribution in [0.2, 0.25) is 0 Å². The van der Waals surface area contributed by atoms with Gasteiger partial charge in [0.05, 0.1) is 44.1 Å². The van der Waals surface area contributed by atoms with Crippen LogP contribution < -0.4 is 5.32 Å². The van der Waals surface area contributed by atoms with Crippen LogP contribution in [0.5, 0.6) is 0 Å². The predicted molar refractivity (Wildman–Crippen MR) is 134 cm³/mol. The van der Waals surface area contributed by atoms with Gasteiger partial charge in [0.15, 0.2) is 0 Å². The monoisotopic (exact) mass is 487 g/mol. The lowest BCUT2D eigenvalue weighted by molar-refractivity contribution is -0.320. The highest BCUT2D eigenvalue weighted by atomic mass is 16.5. The van der Waals surface area contributed by atoms with Crippen molar-refractivity contribution in [1.29, 1.82) is 0 Å². The molecule has 3 saturated carbocycles. The summed E-state index contributed by atoms with van der Waals surface area (Å²) in [6, 6.07) is 0.0998. The van der Waals surface area contributed by atoms with Gasteiger partial charge in [-0.15, -0.1) is 0 Å². The number of fused-ring (bicyclic) bond motifs is 3. The molecule has 6 rings (SSSR count). The molecule has 10 unspecified atom stereocenters. The number of amides is 1. The third-order valence-corrected chi connectivity index (χ3v) is 11.6. The van der Waals surface area contributed by atoms with E-state index in [0.717, 1.165) is 52.0 Å². The first-order valence-corrected chi connectivity index (χ1v) is 14.2. The van der Waals surface area contributed by atoms with Crippen LogP contribution in [-0.2, 0) is 14.3 Å². The van der Waals surface area contributed by atoms with Crippen molar-refractivity contribution < 1.29 is 19.4 Å². The molecule has 3 aliphatic carbocycles. The lowest BCUT2D eigenvalue weighted by Gasteiger charge is -2.70. The zero-order valence-corrected chi connectivity index (χ0v) is 22.3. The molecule has 7 nitrogen and oxygen atoms in total. The molecule has 3 aliphatic heterocycles. The first kappa shape index (κ1) is 24.2. The minimum atomic E-state index is -0.464. The van der Waals surface area contributed by atoms with Gasteiger partial charge in [0.1, 0.15) is 0 Å². The fraction of sp³-hybridized carbons (Fsp3) is 0.929. The smallest absolute Gasteiger partial charge is 0.223 e. The number of aliphatic hydroxyl groups is 1. The molecule has 0 aromatic rings. The average Bonchev–Trinajstić information content (AvgIpc) is 3.09. The highest BCUT2D eigenvalue weighted by Gasteiger charge is 2.70. The van der Waals surface area contributed by atoms with Gasteiger partial charge in [0, 0.05) is 34.9 Å². The maximum absolute atomic E-state index is 12.7. The van der Waals surface area contributed by atoms with Gasteiger partial charge in [-0.25, -0.2) is 0 Å². The zero-order chi connectivity index (χ0) is 24.8. The van der Waals surface area contributed by atoms with Gasteiger partial charge in [0.2, 0.25) is 5.91 Å². The van der Waals surface area contributed by atoms with Crippen molar-refractivity contribution in [2.45, 2.75) is 97.0 Å². The molecule has 2 N–H and O–H groups in total. The number of carbonyl (C=O) groups excluding carboxylic acids is 1. The molecule has 1 amide bonds. The molecule has 196 valence electrons. The van der Waals surface area contributed by atoms with E-state index in [9.17, 15) is 9.90 Å². The predicted octanol–water partition coefficient (Wildman–Crippen LogP) is 3.21. The van der Waals surface area contributed by atoms with E-state index < -0.39 is 6.10 Å². The van der Waals surface area contributed by atoms with Gasteiger partial charge in [0.25, 0.3) is 0 Å². The average molecular weight is 488 g/mol. The Bertz CT molecular complexity index is 901. The van der Waals surface area contributed by atoms with E-state index in [0.29, 0.717) is 18.3 Å². The summed E-state index contributed by atoms with van der Waals surface area (Å²) in [5.41, 5.74) is 1.01. The second-order valence-electron chi connectivity index (χ2n) is 13.4. The summed E-state index contributed by atoms with van der Waals surface area (Å²) in [6.45, 7) is 15.0. The summed E-state index contributed by atoms with van der Waals surface area (Å²) < 4.78 is 13.0. The minimum Gasteiger partial charge on any atom is -0.393 e. The largest absolute Gasteiger partial charge is 0.393 e. The number of hydrogen-bond acceptors (Lipinski definition) is 6. The fourth-order valence-electron chi connectivity index (χ4n) is 9.49. The van der Waals surface area contributed by atoms with Crippen molar-refractivity contribution in [3.63, 3.8) is 0 Å². The van der Waals surface area contributed by atoms with Crippen LogP contribution in [0.1, 0.15) is 73.1 Å². The van der Waals surface area contributed by atoms with Crippen LogP contribution in [0, 0.1) is 40.4 Å². The minimum absolute atomic E-state index is 0.00590. The zero-order valence-electron chi connectivity index (χ0n) is 22.3. The van der Waals surface area contributed by atoms with E-state index in [1.54, 1.807) is 0 Å². The quantitative estimate of drug-likeness (QED) is 0.594. The number of carbonyl (C=O) groups is 1. The molecule has 0 bridgehead atoms. The van der Waals surface area contributed by atoms with Crippen LogP contribution in [0.4, 0.5) is 0 Å². The van der Waals surface area contributed by atoms with E-state index in [2.05, 4.69) is 44.9 Å². The number of ether oxygens (including phenoxy) is 2. The van der Waals surface area contributed by atoms with Gasteiger partial charge in [-0.2, -0.15) is 5.10 Å². The van der Waals surface area contributed by atoms with Gasteiger partial charge < -0.3 is 19.9 Å². The summed E-state index contributed by atoms with van der Waals surface area (Å²) in [5.74, 6) is 1.15. The maximum Gasteiger partial charge on any atom is 0.223 e. The lowest BCUT2D eigenvalue weighted by atomic mass is 9.42. The van der Waals surface area contributed by atoms with E-state index in [-0.39, 0.29) is 52.2 Å². The SMILES string of the molecule is CC1NC(=O)C2CC(O)C3CC4(C)C(C)CCC5C(C)(C)C(=NN6CCOCC6)CCC54OC3C12. The van der Waals surface area contributed by atoms with Crippen LogP contribution in [0.3, 0.4) is 0 Å². The molecular formula is C28H45N3O4. The van der Waals surface area contributed by atoms with Gasteiger partial charge >= 0.3 is 0 Å². The topological polar surface area (TPSA) is 83.4 Å². The third-order valence-electron chi connectivity index (χ3n) is 11.6. The summed E-state index contributed by atoms with van der Waals surface area (Å²) in [4.78, 5) is 12.7. The van der Waals surface area contributed by atoms with Crippen molar-refractivity contribution >= 4 is 11.6 Å². The van der Waals surface area contributed by atoms with Crippen molar-refractivity contribution in [2.75, 3.05) is 26.3 Å². The van der Waals surface area contributed by atoms with Crippen molar-refractivity contribution in [3.8, 4) is 0 Å². The second kappa shape index (κ2) is 8.16. The van der Waals surface area contributed by atoms with Crippen LogP contribution in [-0.4, -0.2) is 71.9 Å². The van der Waals surface area contributed by atoms with Gasteiger partial charge in [-0.1, -0.05) is 27.7 Å². The van der Waals surface area contributed by atoms with Crippen LogP contribution in [0.25, 0.3) is 0 Å². The summed E-state index contributed by atoms with van der Waals surface area (Å²) in [5, 5.41) is 21.9. The van der Waals surface area contributed by atoms with Gasteiger partial charge in [-0.3, -0.25) is 9.80 Å². The van der Waals surface area contributed by atoms with E-state index in [1.807, 2.05) is 0 Å². The molecule has 3 saturated heterocycles. The number of hydrogen-bond donors (Lipinski definition) is 2. The summed E-state index contributed by atoms with van der Waals surface area (Å²) in [7, 11) is 0. The number of nitrogens with one attached hydrogen (secondary N) is 1. The Hall–Kier alpha value is -1.18. The molecule has 0 aromatic carbocycles. The van der Waals surface area contributed by atoms with Crippen molar-refractivity contribution in [2.24, 2.45) is 45.5 Å². The maximum atomic E-state index is 12.7. The Morgan fingerprint density at radius 1 is 1.14 bits per heavy atom. The second-order valence-corrected chi connectivity index (χ2v) is 13.4. The molecule has 0 radical (unpaired) electrons. The first-order chi connectivity index (χ1) is 16.6. The van der Waals surface area contributed by atoms with E-state index in [1.165, 1.54) is 12.1 Å². The number of morpholine rings is 1. The normalized spacial score (nSPS) is 52.2. The first-order valence-electron chi connectivity index (χ1n) is 14.2. The number of hydrazone groups is 1. The van der Waals surface area contributed by atoms with Crippen LogP contribution in [0.15, 0.2) is 5.10 Å². The van der Waals surface area contributed by atoms with E-state index >= 15 is 0 Å². The molecule has 7 heteroatoms. The Morgan fingerprint density at radius 3 is 2.63 bits per heavy atom. The highest BCUT2D eigenvalue weighted by molar-refractivity contribution is 5.91. The summed E-state index contributed by atoms with van der Waals surface area (Å²) >= 11 is 0. The molecule has 10 atom stereocenters. The van der Waals surface area contributed by atoms with Crippen molar-refractivity contribution in [3.05, 3.63) is 0 Å². The Labute approximate surface area is 210 Å². The number of rotatable bonds is 1. The van der Waals surface area contributed by atoms with Crippen molar-refractivity contribution in [1.82, 2.24) is 10.3 Å². The third kappa shape index (κ3) is 3.33. The molecule has 0 aromatic heterocycles. The number of aliphatic hydroxyl groups excluding tert-OH is 1. The molecule has 3 heterocycles. The highest BCUT2D eigenvalue weighted by Crippen LogP contribution is 2.68. The molecule has 1 spiro atoms.